The van der Waals surface area contributed by atoms with E-state index in [0.717, 1.165) is 5.69 Å². The van der Waals surface area contributed by atoms with Gasteiger partial charge in [-0.05, 0) is 42.5 Å². The second-order valence-electron chi connectivity index (χ2n) is 5.20. The van der Waals surface area contributed by atoms with E-state index >= 15 is 0 Å². The summed E-state index contributed by atoms with van der Waals surface area (Å²) in [6.45, 7) is 1.45. The number of nitrogens with zero attached hydrogens (tertiary/aromatic N) is 2. The molecule has 3 rings (SSSR count). The molecule has 0 aliphatic heterocycles. The Morgan fingerprint density at radius 3 is 2.64 bits per heavy atom. The third-order valence-electron chi connectivity index (χ3n) is 3.29. The van der Waals surface area contributed by atoms with E-state index in [1.807, 2.05) is 0 Å². The Balaban J connectivity index is 1.80. The van der Waals surface area contributed by atoms with Crippen LogP contribution in [0.3, 0.4) is 0 Å². The number of benzene rings is 2. The average molecular weight is 353 g/mol. The predicted octanol–water partition coefficient (Wildman–Crippen LogP) is 4.42. The number of nitrogens with one attached hydrogen (secondary N) is 2. The molecule has 0 fully saturated rings. The molecule has 3 aromatic rings. The molecule has 0 unspecified atom stereocenters. The van der Waals surface area contributed by atoms with Crippen LogP contribution in [0.5, 0.6) is 0 Å². The number of anilines is 2. The molecule has 0 radical (unpaired) electrons. The van der Waals surface area contributed by atoms with Gasteiger partial charge in [-0.1, -0.05) is 11.6 Å². The summed E-state index contributed by atoms with van der Waals surface area (Å²) < 4.78 is 5.58. The zero-order valence-corrected chi connectivity index (χ0v) is 14.0. The number of fused-ring (bicyclic) bond motifs is 1. The molecule has 1 heterocycles. The fraction of sp³-hybridized carbons (Fsp3) is 0.0556. The Labute approximate surface area is 148 Å². The van der Waals surface area contributed by atoms with Crippen LogP contribution in [0, 0.1) is 11.3 Å². The Bertz CT molecular complexity index is 1000. The van der Waals surface area contributed by atoms with Gasteiger partial charge in [0.1, 0.15) is 17.2 Å². The summed E-state index contributed by atoms with van der Waals surface area (Å²) in [5, 5.41) is 15.6. The standard InChI is InChI=1S/C18H13ClN4O2/c1-11(24)22-15-5-3-14(4-6-15)21-10-12(9-20)18-23-16-8-13(19)2-7-17(16)25-18/h2-8,10,21H,1H3,(H,22,24)/b12-10+. The first-order valence-corrected chi connectivity index (χ1v) is 7.74. The van der Waals surface area contributed by atoms with Crippen molar-refractivity contribution >= 4 is 45.6 Å². The number of nitriles is 1. The minimum Gasteiger partial charge on any atom is -0.435 e. The minimum absolute atomic E-state index is 0.136. The van der Waals surface area contributed by atoms with Crippen LogP contribution in [0.2, 0.25) is 5.02 Å². The van der Waals surface area contributed by atoms with E-state index in [1.54, 1.807) is 42.5 Å². The molecule has 0 saturated heterocycles. The van der Waals surface area contributed by atoms with Gasteiger partial charge in [-0.25, -0.2) is 4.98 Å². The van der Waals surface area contributed by atoms with Gasteiger partial charge >= 0.3 is 0 Å². The molecule has 2 N–H and O–H groups in total. The number of halogens is 1. The van der Waals surface area contributed by atoms with E-state index in [2.05, 4.69) is 21.7 Å². The molecule has 0 saturated carbocycles. The monoisotopic (exact) mass is 352 g/mol. The maximum absolute atomic E-state index is 11.0. The number of carbonyl (C=O) groups excluding carboxylic acids is 1. The number of oxazole rings is 1. The first kappa shape index (κ1) is 16.6. The molecule has 0 aliphatic carbocycles. The maximum Gasteiger partial charge on any atom is 0.239 e. The number of allylic oxidation sites excluding steroid dienone is 1. The van der Waals surface area contributed by atoms with Crippen molar-refractivity contribution in [2.75, 3.05) is 10.6 Å². The van der Waals surface area contributed by atoms with Gasteiger partial charge in [-0.15, -0.1) is 0 Å². The van der Waals surface area contributed by atoms with E-state index in [1.165, 1.54) is 13.1 Å². The van der Waals surface area contributed by atoms with Crippen LogP contribution in [-0.4, -0.2) is 10.9 Å². The Hall–Kier alpha value is -3.30. The molecule has 124 valence electrons. The third kappa shape index (κ3) is 3.97. The van der Waals surface area contributed by atoms with Crippen molar-refractivity contribution in [3.63, 3.8) is 0 Å². The van der Waals surface area contributed by atoms with Gasteiger partial charge in [-0.2, -0.15) is 5.26 Å². The SMILES string of the molecule is CC(=O)Nc1ccc(N/C=C(\C#N)c2nc3cc(Cl)ccc3o2)cc1. The molecule has 0 atom stereocenters. The summed E-state index contributed by atoms with van der Waals surface area (Å²) in [5.41, 5.74) is 2.83. The Morgan fingerprint density at radius 1 is 1.24 bits per heavy atom. The highest BCUT2D eigenvalue weighted by Crippen LogP contribution is 2.24. The van der Waals surface area contributed by atoms with Crippen molar-refractivity contribution in [3.8, 4) is 6.07 Å². The van der Waals surface area contributed by atoms with Crippen molar-refractivity contribution in [1.82, 2.24) is 4.98 Å². The highest BCUT2D eigenvalue weighted by molar-refractivity contribution is 6.31. The molecule has 0 bridgehead atoms. The van der Waals surface area contributed by atoms with Crippen molar-refractivity contribution in [1.29, 1.82) is 5.26 Å². The lowest BCUT2D eigenvalue weighted by Gasteiger charge is -2.04. The van der Waals surface area contributed by atoms with Crippen LogP contribution in [0.4, 0.5) is 11.4 Å². The normalized spacial score (nSPS) is 11.2. The van der Waals surface area contributed by atoms with Crippen molar-refractivity contribution in [3.05, 3.63) is 59.6 Å². The van der Waals surface area contributed by atoms with Crippen LogP contribution in [0.1, 0.15) is 12.8 Å². The number of aromatic nitrogens is 1. The second kappa shape index (κ2) is 7.07. The van der Waals surface area contributed by atoms with Gasteiger partial charge < -0.3 is 15.1 Å². The molecule has 7 heteroatoms. The number of amides is 1. The summed E-state index contributed by atoms with van der Waals surface area (Å²) >= 11 is 5.93. The number of hydrogen-bond donors (Lipinski definition) is 2. The van der Waals surface area contributed by atoms with Crippen LogP contribution in [0.15, 0.2) is 53.1 Å². The molecular formula is C18H13ClN4O2. The summed E-state index contributed by atoms with van der Waals surface area (Å²) in [7, 11) is 0. The zero-order valence-electron chi connectivity index (χ0n) is 13.2. The molecule has 0 aliphatic rings. The van der Waals surface area contributed by atoms with Crippen molar-refractivity contribution in [2.45, 2.75) is 6.92 Å². The van der Waals surface area contributed by atoms with E-state index in [4.69, 9.17) is 16.0 Å². The smallest absolute Gasteiger partial charge is 0.239 e. The van der Waals surface area contributed by atoms with Gasteiger partial charge in [-0.3, -0.25) is 4.79 Å². The van der Waals surface area contributed by atoms with E-state index < -0.39 is 0 Å². The largest absolute Gasteiger partial charge is 0.435 e. The van der Waals surface area contributed by atoms with Gasteiger partial charge in [0.2, 0.25) is 11.8 Å². The van der Waals surface area contributed by atoms with Crippen LogP contribution in [-0.2, 0) is 4.79 Å². The Morgan fingerprint density at radius 2 is 1.96 bits per heavy atom. The number of hydrogen-bond acceptors (Lipinski definition) is 5. The third-order valence-corrected chi connectivity index (χ3v) is 3.52. The van der Waals surface area contributed by atoms with Crippen molar-refractivity contribution < 1.29 is 9.21 Å². The lowest BCUT2D eigenvalue weighted by atomic mass is 10.2. The van der Waals surface area contributed by atoms with Crippen LogP contribution >= 0.6 is 11.6 Å². The van der Waals surface area contributed by atoms with Gasteiger partial charge in [0.15, 0.2) is 5.58 Å². The van der Waals surface area contributed by atoms with Crippen LogP contribution in [0.25, 0.3) is 16.7 Å². The summed E-state index contributed by atoms with van der Waals surface area (Å²) in [6.07, 6.45) is 1.51. The second-order valence-corrected chi connectivity index (χ2v) is 5.64. The van der Waals surface area contributed by atoms with E-state index in [-0.39, 0.29) is 17.4 Å². The van der Waals surface area contributed by atoms with Gasteiger partial charge in [0, 0.05) is 29.5 Å². The fourth-order valence-electron chi connectivity index (χ4n) is 2.17. The number of carbonyl (C=O) groups is 1. The summed E-state index contributed by atoms with van der Waals surface area (Å²) in [6, 6.07) is 14.2. The minimum atomic E-state index is -0.136. The van der Waals surface area contributed by atoms with E-state index in [9.17, 15) is 10.1 Å². The molecule has 25 heavy (non-hydrogen) atoms. The fourth-order valence-corrected chi connectivity index (χ4v) is 2.33. The highest BCUT2D eigenvalue weighted by atomic mass is 35.5. The molecule has 2 aromatic carbocycles. The maximum atomic E-state index is 11.0. The van der Waals surface area contributed by atoms with E-state index in [0.29, 0.717) is 21.8 Å². The topological polar surface area (TPSA) is 91.0 Å². The van der Waals surface area contributed by atoms with Gasteiger partial charge in [0.25, 0.3) is 0 Å². The van der Waals surface area contributed by atoms with Crippen LogP contribution < -0.4 is 10.6 Å². The highest BCUT2D eigenvalue weighted by Gasteiger charge is 2.11. The first-order chi connectivity index (χ1) is 12.0. The lowest BCUT2D eigenvalue weighted by Crippen LogP contribution is -2.05. The molecule has 6 nitrogen and oxygen atoms in total. The first-order valence-electron chi connectivity index (χ1n) is 7.36. The van der Waals surface area contributed by atoms with Gasteiger partial charge in [0.05, 0.1) is 0 Å². The Kier molecular flexibility index (Phi) is 4.68. The zero-order chi connectivity index (χ0) is 17.8. The average Bonchev–Trinajstić information content (AvgIpc) is 2.99. The number of rotatable bonds is 4. The quantitative estimate of drug-likeness (QED) is 0.678. The molecular weight excluding hydrogens is 340 g/mol. The molecule has 1 amide bonds. The van der Waals surface area contributed by atoms with Crippen molar-refractivity contribution in [2.24, 2.45) is 0 Å². The summed E-state index contributed by atoms with van der Waals surface area (Å²) in [5.74, 6) is 0.0746. The predicted molar refractivity (Wildman–Crippen MR) is 97.0 cm³/mol. The summed E-state index contributed by atoms with van der Waals surface area (Å²) in [4.78, 5) is 15.3. The molecule has 1 aromatic heterocycles. The lowest BCUT2D eigenvalue weighted by molar-refractivity contribution is -0.114. The molecule has 0 spiro atoms.